The van der Waals surface area contributed by atoms with E-state index in [0.717, 1.165) is 10.6 Å². The second kappa shape index (κ2) is 11.1. The molecule has 2 aliphatic rings. The van der Waals surface area contributed by atoms with E-state index in [1.165, 1.54) is 30.6 Å². The molecule has 1 amide bonds. The van der Waals surface area contributed by atoms with Crippen molar-refractivity contribution in [1.29, 1.82) is 0 Å². The third kappa shape index (κ3) is 7.16. The van der Waals surface area contributed by atoms with Gasteiger partial charge in [-0.25, -0.2) is 5.06 Å². The fraction of sp³-hybridized carbons (Fsp3) is 0.548. The van der Waals surface area contributed by atoms with E-state index in [1.54, 1.807) is 26.1 Å². The first-order chi connectivity index (χ1) is 17.1. The van der Waals surface area contributed by atoms with Gasteiger partial charge in [-0.15, -0.1) is 0 Å². The van der Waals surface area contributed by atoms with Crippen molar-refractivity contribution in [3.63, 3.8) is 0 Å². The molecule has 0 spiro atoms. The van der Waals surface area contributed by atoms with Crippen LogP contribution in [-0.2, 0) is 4.84 Å². The van der Waals surface area contributed by atoms with Crippen molar-refractivity contribution in [2.24, 2.45) is 22.7 Å². The Morgan fingerprint density at radius 1 is 0.811 bits per heavy atom. The quantitative estimate of drug-likeness (QED) is 0.278. The predicted molar refractivity (Wildman–Crippen MR) is 153 cm³/mol. The zero-order chi connectivity index (χ0) is 27.9. The molecule has 0 bridgehead atoms. The van der Waals surface area contributed by atoms with Crippen molar-refractivity contribution in [2.45, 2.75) is 73.1 Å². The van der Waals surface area contributed by atoms with Crippen LogP contribution in [0, 0.1) is 22.7 Å². The molecule has 4 nitrogen and oxygen atoms in total. The minimum atomic E-state index is -0.191. The van der Waals surface area contributed by atoms with Gasteiger partial charge < -0.3 is 0 Å². The lowest BCUT2D eigenvalue weighted by molar-refractivity contribution is -0.0756. The molecule has 2 fully saturated rings. The standard InChI is InChI=1S/C16H22ClNO2.C15H19ClO/c1-16(2,3)13-9-12(13)11-7-6-10(8-14(11)17)15(19)18(4)20-5;1-9(17)10-5-6-11(14(16)7-10)12-8-13(12)15(2,3)4/h6-8,12-13H,9H2,1-5H3;5-7,12-13H,8H2,1-4H3/t2*12-,13+/m00/s1. The molecule has 0 heterocycles. The topological polar surface area (TPSA) is 46.6 Å². The Kier molecular flexibility index (Phi) is 8.89. The van der Waals surface area contributed by atoms with E-state index in [4.69, 9.17) is 28.0 Å². The molecule has 6 heteroatoms. The van der Waals surface area contributed by atoms with Crippen LogP contribution in [0.15, 0.2) is 36.4 Å². The van der Waals surface area contributed by atoms with E-state index in [2.05, 4.69) is 41.5 Å². The molecule has 0 unspecified atom stereocenters. The average Bonchev–Trinajstić information content (AvgIpc) is 3.70. The number of nitrogens with zero attached hydrogens (tertiary/aromatic N) is 1. The summed E-state index contributed by atoms with van der Waals surface area (Å²) in [5.74, 6) is 2.35. The zero-order valence-corrected chi connectivity index (χ0v) is 25.1. The molecule has 4 atom stereocenters. The van der Waals surface area contributed by atoms with Crippen LogP contribution in [0.3, 0.4) is 0 Å². The highest BCUT2D eigenvalue weighted by Crippen LogP contribution is 2.58. The SMILES string of the molecule is CC(=O)c1ccc([C@@H]2C[C@H]2C(C)(C)C)c(Cl)c1.CON(C)C(=O)c1ccc([C@@H]2C[C@H]2C(C)(C)C)c(Cl)c1. The largest absolute Gasteiger partial charge is 0.295 e. The zero-order valence-electron chi connectivity index (χ0n) is 23.6. The molecule has 202 valence electrons. The maximum absolute atomic E-state index is 12.0. The van der Waals surface area contributed by atoms with Crippen LogP contribution in [0.4, 0.5) is 0 Å². The number of ketones is 1. The highest BCUT2D eigenvalue weighted by molar-refractivity contribution is 6.32. The van der Waals surface area contributed by atoms with Gasteiger partial charge in [0.15, 0.2) is 5.78 Å². The second-order valence-corrected chi connectivity index (χ2v) is 13.5. The molecule has 0 N–H and O–H groups in total. The van der Waals surface area contributed by atoms with Crippen molar-refractivity contribution in [3.8, 4) is 0 Å². The molecule has 0 aliphatic heterocycles. The van der Waals surface area contributed by atoms with Gasteiger partial charge in [0.25, 0.3) is 5.91 Å². The van der Waals surface area contributed by atoms with Crippen molar-refractivity contribution in [3.05, 3.63) is 68.7 Å². The fourth-order valence-corrected chi connectivity index (χ4v) is 5.91. The minimum Gasteiger partial charge on any atom is -0.295 e. The monoisotopic (exact) mass is 545 g/mol. The summed E-state index contributed by atoms with van der Waals surface area (Å²) in [5, 5.41) is 2.62. The minimum absolute atomic E-state index is 0.0709. The van der Waals surface area contributed by atoms with Crippen LogP contribution in [0.25, 0.3) is 0 Å². The maximum Gasteiger partial charge on any atom is 0.277 e. The molecule has 37 heavy (non-hydrogen) atoms. The summed E-state index contributed by atoms with van der Waals surface area (Å²) < 4.78 is 0. The number of Topliss-reactive ketones (excluding diaryl/α,β-unsaturated/α-hetero) is 1. The first kappa shape index (κ1) is 29.7. The van der Waals surface area contributed by atoms with Gasteiger partial charge in [-0.3, -0.25) is 14.4 Å². The summed E-state index contributed by atoms with van der Waals surface area (Å²) in [6.45, 7) is 15.2. The lowest BCUT2D eigenvalue weighted by Crippen LogP contribution is -2.25. The third-order valence-corrected chi connectivity index (χ3v) is 8.47. The predicted octanol–water partition coefficient (Wildman–Crippen LogP) is 8.82. The first-order valence-corrected chi connectivity index (χ1v) is 13.7. The van der Waals surface area contributed by atoms with Crippen LogP contribution < -0.4 is 0 Å². The highest BCUT2D eigenvalue weighted by atomic mass is 35.5. The van der Waals surface area contributed by atoms with Gasteiger partial charge in [0.05, 0.1) is 7.11 Å². The number of amides is 1. The van der Waals surface area contributed by atoms with Crippen LogP contribution in [0.2, 0.25) is 10.0 Å². The molecule has 2 aromatic rings. The molecular formula is C31H41Cl2NO3. The van der Waals surface area contributed by atoms with Crippen LogP contribution in [-0.4, -0.2) is 30.9 Å². The second-order valence-electron chi connectivity index (χ2n) is 12.6. The van der Waals surface area contributed by atoms with E-state index < -0.39 is 0 Å². The maximum atomic E-state index is 12.0. The first-order valence-electron chi connectivity index (χ1n) is 13.0. The van der Waals surface area contributed by atoms with E-state index >= 15 is 0 Å². The summed E-state index contributed by atoms with van der Waals surface area (Å²) >= 11 is 12.6. The number of carbonyl (C=O) groups is 2. The van der Waals surface area contributed by atoms with Crippen LogP contribution in [0.5, 0.6) is 0 Å². The molecule has 4 rings (SSSR count). The van der Waals surface area contributed by atoms with E-state index in [-0.39, 0.29) is 11.7 Å². The van der Waals surface area contributed by atoms with Crippen molar-refractivity contribution < 1.29 is 14.4 Å². The number of benzene rings is 2. The lowest BCUT2D eigenvalue weighted by Gasteiger charge is -2.19. The number of hydrogen-bond donors (Lipinski definition) is 0. The average molecular weight is 547 g/mol. The van der Waals surface area contributed by atoms with Crippen LogP contribution >= 0.6 is 23.2 Å². The van der Waals surface area contributed by atoms with Crippen molar-refractivity contribution in [2.75, 3.05) is 14.2 Å². The van der Waals surface area contributed by atoms with Gasteiger partial charge in [-0.05, 0) is 83.6 Å². The summed E-state index contributed by atoms with van der Waals surface area (Å²) in [6.07, 6.45) is 2.39. The Hall–Kier alpha value is -1.88. The van der Waals surface area contributed by atoms with Crippen molar-refractivity contribution in [1.82, 2.24) is 5.06 Å². The summed E-state index contributed by atoms with van der Waals surface area (Å²) in [5.41, 5.74) is 4.26. The van der Waals surface area contributed by atoms with E-state index in [0.29, 0.717) is 50.7 Å². The lowest BCUT2D eigenvalue weighted by atomic mass is 9.87. The summed E-state index contributed by atoms with van der Waals surface area (Å²) in [7, 11) is 3.05. The number of rotatable bonds is 5. The van der Waals surface area contributed by atoms with Gasteiger partial charge >= 0.3 is 0 Å². The molecule has 0 radical (unpaired) electrons. The van der Waals surface area contributed by atoms with Crippen LogP contribution in [0.1, 0.15) is 105 Å². The molecular weight excluding hydrogens is 505 g/mol. The molecule has 2 aromatic carbocycles. The molecule has 0 saturated heterocycles. The van der Waals surface area contributed by atoms with Gasteiger partial charge in [0.2, 0.25) is 0 Å². The van der Waals surface area contributed by atoms with Crippen molar-refractivity contribution >= 4 is 34.9 Å². The number of hydrogen-bond acceptors (Lipinski definition) is 3. The third-order valence-electron chi connectivity index (χ3n) is 7.82. The Morgan fingerprint density at radius 3 is 1.54 bits per heavy atom. The Balaban J connectivity index is 0.000000208. The number of hydroxylamine groups is 2. The van der Waals surface area contributed by atoms with Gasteiger partial charge in [0, 0.05) is 28.2 Å². The highest BCUT2D eigenvalue weighted by Gasteiger charge is 2.47. The number of halogens is 2. The smallest absolute Gasteiger partial charge is 0.277 e. The Morgan fingerprint density at radius 2 is 1.22 bits per heavy atom. The van der Waals surface area contributed by atoms with Gasteiger partial charge in [0.1, 0.15) is 0 Å². The molecule has 2 aliphatic carbocycles. The Bertz CT molecular complexity index is 1160. The van der Waals surface area contributed by atoms with Gasteiger partial charge in [-0.2, -0.15) is 0 Å². The normalized spacial score (nSPS) is 22.6. The molecule has 2 saturated carbocycles. The van der Waals surface area contributed by atoms with E-state index in [1.807, 2.05) is 24.3 Å². The summed E-state index contributed by atoms with van der Waals surface area (Å²) in [6, 6.07) is 11.3. The number of carbonyl (C=O) groups excluding carboxylic acids is 2. The summed E-state index contributed by atoms with van der Waals surface area (Å²) in [4.78, 5) is 28.1. The Labute approximate surface area is 232 Å². The molecule has 0 aromatic heterocycles. The van der Waals surface area contributed by atoms with E-state index in [9.17, 15) is 9.59 Å². The van der Waals surface area contributed by atoms with Gasteiger partial charge in [-0.1, -0.05) is 82.9 Å². The fourth-order valence-electron chi connectivity index (χ4n) is 5.26.